The minimum absolute atomic E-state index is 0.133. The Morgan fingerprint density at radius 2 is 1.93 bits per heavy atom. The van der Waals surface area contributed by atoms with Crippen LogP contribution in [0.4, 0.5) is 0 Å². The molecule has 2 aromatic carbocycles. The van der Waals surface area contributed by atoms with Crippen LogP contribution in [0.25, 0.3) is 10.8 Å². The van der Waals surface area contributed by atoms with Gasteiger partial charge in [-0.1, -0.05) is 30.3 Å². The molecule has 0 atom stereocenters. The van der Waals surface area contributed by atoms with Crippen LogP contribution in [0.1, 0.15) is 0 Å². The maximum Gasteiger partial charge on any atom is 0.261 e. The van der Waals surface area contributed by atoms with Gasteiger partial charge in [0.1, 0.15) is 0 Å². The van der Waals surface area contributed by atoms with E-state index in [1.54, 1.807) is 30.3 Å². The van der Waals surface area contributed by atoms with E-state index in [0.29, 0.717) is 5.39 Å². The van der Waals surface area contributed by atoms with E-state index in [1.807, 2.05) is 0 Å². The van der Waals surface area contributed by atoms with Crippen molar-refractivity contribution in [2.75, 3.05) is 0 Å². The van der Waals surface area contributed by atoms with E-state index in [2.05, 4.69) is 6.07 Å². The highest BCUT2D eigenvalue weighted by Crippen LogP contribution is 2.24. The molecule has 0 aliphatic heterocycles. The van der Waals surface area contributed by atoms with E-state index in [-0.39, 0.29) is 4.90 Å². The SMILES string of the molecule is O=S(=O)(Cl)c1cccc2[c]cccc12. The molecule has 4 heteroatoms. The average molecular weight is 226 g/mol. The fourth-order valence-electron chi connectivity index (χ4n) is 1.34. The van der Waals surface area contributed by atoms with Gasteiger partial charge in [-0.2, -0.15) is 0 Å². The van der Waals surface area contributed by atoms with Crippen LogP contribution in [0, 0.1) is 6.07 Å². The molecule has 0 bridgehead atoms. The van der Waals surface area contributed by atoms with Crippen LogP contribution < -0.4 is 0 Å². The second kappa shape index (κ2) is 3.26. The molecule has 0 saturated carbocycles. The molecule has 0 aliphatic carbocycles. The Hall–Kier alpha value is -1.06. The molecular weight excluding hydrogens is 220 g/mol. The number of hydrogen-bond donors (Lipinski definition) is 0. The van der Waals surface area contributed by atoms with Crippen molar-refractivity contribution in [1.82, 2.24) is 0 Å². The van der Waals surface area contributed by atoms with Gasteiger partial charge in [-0.05, 0) is 17.5 Å². The van der Waals surface area contributed by atoms with Crippen LogP contribution in [0.3, 0.4) is 0 Å². The zero-order valence-electron chi connectivity index (χ0n) is 7.07. The normalized spacial score (nSPS) is 11.8. The summed E-state index contributed by atoms with van der Waals surface area (Å²) in [5.74, 6) is 0. The molecule has 1 radical (unpaired) electrons. The molecule has 0 fully saturated rings. The van der Waals surface area contributed by atoms with Crippen molar-refractivity contribution in [1.29, 1.82) is 0 Å². The summed E-state index contributed by atoms with van der Waals surface area (Å²) in [6, 6.07) is 13.0. The highest BCUT2D eigenvalue weighted by atomic mass is 35.7. The average Bonchev–Trinajstić information content (AvgIpc) is 2.15. The first-order chi connectivity index (χ1) is 6.59. The molecule has 0 unspecified atom stereocenters. The molecule has 0 heterocycles. The van der Waals surface area contributed by atoms with E-state index in [4.69, 9.17) is 10.7 Å². The third kappa shape index (κ3) is 1.61. The molecule has 0 aromatic heterocycles. The molecule has 0 aliphatic rings. The second-order valence-electron chi connectivity index (χ2n) is 2.83. The molecule has 0 N–H and O–H groups in total. The first-order valence-corrected chi connectivity index (χ1v) is 6.24. The Morgan fingerprint density at radius 1 is 1.14 bits per heavy atom. The summed E-state index contributed by atoms with van der Waals surface area (Å²) in [4.78, 5) is 0.133. The Morgan fingerprint density at radius 3 is 2.64 bits per heavy atom. The third-order valence-electron chi connectivity index (χ3n) is 1.93. The van der Waals surface area contributed by atoms with Gasteiger partial charge in [0, 0.05) is 16.1 Å². The predicted octanol–water partition coefficient (Wildman–Crippen LogP) is 2.57. The quantitative estimate of drug-likeness (QED) is 0.699. The molecule has 0 amide bonds. The molecule has 2 rings (SSSR count). The fraction of sp³-hybridized carbons (Fsp3) is 0. The van der Waals surface area contributed by atoms with Gasteiger partial charge in [0.05, 0.1) is 4.90 Å². The first kappa shape index (κ1) is 9.49. The van der Waals surface area contributed by atoms with Gasteiger partial charge in [-0.15, -0.1) is 0 Å². The Bertz CT molecular complexity index is 570. The lowest BCUT2D eigenvalue weighted by atomic mass is 10.1. The highest BCUT2D eigenvalue weighted by Gasteiger charge is 2.12. The van der Waals surface area contributed by atoms with Crippen LogP contribution >= 0.6 is 10.7 Å². The summed E-state index contributed by atoms with van der Waals surface area (Å²) in [7, 11) is 1.62. The molecule has 0 spiro atoms. The number of benzene rings is 2. The summed E-state index contributed by atoms with van der Waals surface area (Å²) in [5.41, 5.74) is 0. The zero-order valence-corrected chi connectivity index (χ0v) is 8.64. The Balaban J connectivity index is 2.92. The van der Waals surface area contributed by atoms with Gasteiger partial charge in [0.25, 0.3) is 9.05 Å². The van der Waals surface area contributed by atoms with E-state index >= 15 is 0 Å². The minimum atomic E-state index is -3.68. The Kier molecular flexibility index (Phi) is 2.21. The van der Waals surface area contributed by atoms with Gasteiger partial charge < -0.3 is 0 Å². The van der Waals surface area contributed by atoms with Crippen molar-refractivity contribution < 1.29 is 8.42 Å². The van der Waals surface area contributed by atoms with Crippen molar-refractivity contribution >= 4 is 30.5 Å². The molecule has 0 saturated heterocycles. The lowest BCUT2D eigenvalue weighted by Crippen LogP contribution is -1.91. The lowest BCUT2D eigenvalue weighted by Gasteiger charge is -2.01. The fourth-order valence-corrected chi connectivity index (χ4v) is 2.42. The van der Waals surface area contributed by atoms with Crippen molar-refractivity contribution in [2.45, 2.75) is 4.90 Å². The van der Waals surface area contributed by atoms with Gasteiger partial charge in [-0.25, -0.2) is 8.42 Å². The molecular formula is C10H6ClO2S. The summed E-state index contributed by atoms with van der Waals surface area (Å²) >= 11 is 0. The van der Waals surface area contributed by atoms with E-state index in [1.165, 1.54) is 6.07 Å². The number of rotatable bonds is 1. The minimum Gasteiger partial charge on any atom is -0.207 e. The van der Waals surface area contributed by atoms with Crippen LogP contribution in [0.5, 0.6) is 0 Å². The Labute approximate surface area is 86.5 Å². The van der Waals surface area contributed by atoms with Gasteiger partial charge in [0.15, 0.2) is 0 Å². The highest BCUT2D eigenvalue weighted by molar-refractivity contribution is 8.14. The lowest BCUT2D eigenvalue weighted by molar-refractivity contribution is 0.610. The van der Waals surface area contributed by atoms with E-state index < -0.39 is 9.05 Å². The summed E-state index contributed by atoms with van der Waals surface area (Å²) in [6.45, 7) is 0. The van der Waals surface area contributed by atoms with Crippen molar-refractivity contribution in [3.05, 3.63) is 42.5 Å². The summed E-state index contributed by atoms with van der Waals surface area (Å²) in [6.07, 6.45) is 0. The first-order valence-electron chi connectivity index (χ1n) is 3.93. The zero-order chi connectivity index (χ0) is 10.2. The summed E-state index contributed by atoms with van der Waals surface area (Å²) in [5, 5.41) is 1.35. The van der Waals surface area contributed by atoms with Crippen LogP contribution in [-0.2, 0) is 9.05 Å². The van der Waals surface area contributed by atoms with Crippen LogP contribution in [0.15, 0.2) is 41.3 Å². The monoisotopic (exact) mass is 225 g/mol. The second-order valence-corrected chi connectivity index (χ2v) is 5.36. The van der Waals surface area contributed by atoms with Crippen molar-refractivity contribution in [3.63, 3.8) is 0 Å². The molecule has 2 aromatic rings. The molecule has 14 heavy (non-hydrogen) atoms. The smallest absolute Gasteiger partial charge is 0.207 e. The molecule has 2 nitrogen and oxygen atoms in total. The van der Waals surface area contributed by atoms with Gasteiger partial charge in [-0.3, -0.25) is 0 Å². The maximum atomic E-state index is 11.2. The third-order valence-corrected chi connectivity index (χ3v) is 3.31. The number of halogens is 1. The predicted molar refractivity (Wildman–Crippen MR) is 55.8 cm³/mol. The van der Waals surface area contributed by atoms with Gasteiger partial charge in [0.2, 0.25) is 0 Å². The van der Waals surface area contributed by atoms with Crippen molar-refractivity contribution in [2.24, 2.45) is 0 Å². The standard InChI is InChI=1S/C10H6ClO2S/c11-14(12,13)10-7-3-5-8-4-1-2-6-9(8)10/h1-3,5-7H. The topological polar surface area (TPSA) is 34.1 Å². The van der Waals surface area contributed by atoms with Crippen LogP contribution in [-0.4, -0.2) is 8.42 Å². The van der Waals surface area contributed by atoms with Crippen LogP contribution in [0.2, 0.25) is 0 Å². The van der Waals surface area contributed by atoms with E-state index in [9.17, 15) is 8.42 Å². The van der Waals surface area contributed by atoms with Crippen molar-refractivity contribution in [3.8, 4) is 0 Å². The summed E-state index contributed by atoms with van der Waals surface area (Å²) < 4.78 is 22.4. The van der Waals surface area contributed by atoms with E-state index in [0.717, 1.165) is 5.39 Å². The number of fused-ring (bicyclic) bond motifs is 1. The molecule has 71 valence electrons. The van der Waals surface area contributed by atoms with Gasteiger partial charge >= 0.3 is 0 Å². The maximum absolute atomic E-state index is 11.2. The number of hydrogen-bond acceptors (Lipinski definition) is 2. The largest absolute Gasteiger partial charge is 0.261 e.